The Balaban J connectivity index is 2.36. The predicted molar refractivity (Wildman–Crippen MR) is 81.8 cm³/mol. The molecule has 1 aromatic carbocycles. The van der Waals surface area contributed by atoms with Crippen molar-refractivity contribution in [3.05, 3.63) is 66.0 Å². The van der Waals surface area contributed by atoms with Crippen molar-refractivity contribution in [1.82, 2.24) is 10.3 Å². The Hall–Kier alpha value is -2.20. The molecule has 0 bridgehead atoms. The molecule has 21 heavy (non-hydrogen) atoms. The minimum absolute atomic E-state index is 0.108. The molecule has 0 saturated carbocycles. The van der Waals surface area contributed by atoms with Gasteiger partial charge >= 0.3 is 5.97 Å². The van der Waals surface area contributed by atoms with Gasteiger partial charge in [-0.3, -0.25) is 15.1 Å². The highest BCUT2D eigenvalue weighted by Gasteiger charge is 2.32. The van der Waals surface area contributed by atoms with Gasteiger partial charge in [0.2, 0.25) is 0 Å². The molecule has 0 radical (unpaired) electrons. The van der Waals surface area contributed by atoms with Crippen LogP contribution in [0.4, 0.5) is 0 Å². The molecule has 1 heterocycles. The molecule has 0 saturated heterocycles. The number of rotatable bonds is 5. The second kappa shape index (κ2) is 6.50. The van der Waals surface area contributed by atoms with E-state index in [0.29, 0.717) is 0 Å². The smallest absolute Gasteiger partial charge is 0.325 e. The highest BCUT2D eigenvalue weighted by molar-refractivity contribution is 5.79. The first-order chi connectivity index (χ1) is 10.0. The molecule has 0 spiro atoms. The highest BCUT2D eigenvalue weighted by atomic mass is 16.5. The lowest BCUT2D eigenvalue weighted by Gasteiger charge is -2.30. The molecule has 4 heteroatoms. The summed E-state index contributed by atoms with van der Waals surface area (Å²) in [6.45, 7) is 3.63. The lowest BCUT2D eigenvalue weighted by atomic mass is 9.95. The van der Waals surface area contributed by atoms with Crippen LogP contribution in [-0.2, 0) is 9.53 Å². The van der Waals surface area contributed by atoms with Crippen molar-refractivity contribution in [3.8, 4) is 0 Å². The Bertz CT molecular complexity index is 543. The molecule has 0 aliphatic heterocycles. The van der Waals surface area contributed by atoms with Crippen molar-refractivity contribution < 1.29 is 9.53 Å². The van der Waals surface area contributed by atoms with Crippen LogP contribution in [0.1, 0.15) is 31.0 Å². The summed E-state index contributed by atoms with van der Waals surface area (Å²) in [5, 5.41) is 3.37. The van der Waals surface area contributed by atoms with E-state index in [9.17, 15) is 4.79 Å². The molecule has 4 nitrogen and oxygen atoms in total. The predicted octanol–water partition coefficient (Wildman–Crippen LogP) is 2.71. The summed E-state index contributed by atoms with van der Waals surface area (Å²) >= 11 is 0. The minimum Gasteiger partial charge on any atom is -0.468 e. The number of carbonyl (C=O) groups excluding carboxylic acids is 1. The molecule has 0 aliphatic carbocycles. The van der Waals surface area contributed by atoms with Crippen LogP contribution in [0.5, 0.6) is 0 Å². The number of aromatic nitrogens is 1. The quantitative estimate of drug-likeness (QED) is 0.858. The van der Waals surface area contributed by atoms with Crippen LogP contribution in [0, 0.1) is 0 Å². The Labute approximate surface area is 125 Å². The third-order valence-electron chi connectivity index (χ3n) is 3.37. The van der Waals surface area contributed by atoms with Crippen LogP contribution in [0.2, 0.25) is 0 Å². The summed E-state index contributed by atoms with van der Waals surface area (Å²) in [6, 6.07) is 13.8. The Morgan fingerprint density at radius 2 is 1.67 bits per heavy atom. The van der Waals surface area contributed by atoms with Gasteiger partial charge in [-0.05, 0) is 37.1 Å². The van der Waals surface area contributed by atoms with Crippen LogP contribution < -0.4 is 5.32 Å². The van der Waals surface area contributed by atoms with E-state index < -0.39 is 5.54 Å². The maximum absolute atomic E-state index is 11.9. The van der Waals surface area contributed by atoms with Crippen molar-refractivity contribution in [3.63, 3.8) is 0 Å². The summed E-state index contributed by atoms with van der Waals surface area (Å²) in [6.07, 6.45) is 3.50. The van der Waals surface area contributed by atoms with Gasteiger partial charge in [-0.15, -0.1) is 0 Å². The zero-order valence-electron chi connectivity index (χ0n) is 12.5. The fraction of sp³-hybridized carbons (Fsp3) is 0.294. The summed E-state index contributed by atoms with van der Waals surface area (Å²) in [5.74, 6) is -0.294. The first-order valence-corrected chi connectivity index (χ1v) is 6.85. The van der Waals surface area contributed by atoms with Crippen LogP contribution in [0.15, 0.2) is 54.9 Å². The van der Waals surface area contributed by atoms with E-state index in [1.807, 2.05) is 56.3 Å². The van der Waals surface area contributed by atoms with Gasteiger partial charge in [0.1, 0.15) is 5.54 Å². The molecule has 1 aromatic heterocycles. The van der Waals surface area contributed by atoms with E-state index >= 15 is 0 Å². The average molecular weight is 284 g/mol. The maximum atomic E-state index is 11.9. The number of ether oxygens (including phenoxy) is 1. The SMILES string of the molecule is COC(=O)C(C)(C)NC(c1ccccc1)c1ccncc1. The number of nitrogens with one attached hydrogen (secondary N) is 1. The molecule has 0 fully saturated rings. The molecule has 1 N–H and O–H groups in total. The van der Waals surface area contributed by atoms with Gasteiger partial charge in [0.05, 0.1) is 13.2 Å². The van der Waals surface area contributed by atoms with Gasteiger partial charge in [-0.2, -0.15) is 0 Å². The zero-order chi connectivity index (χ0) is 15.3. The number of hydrogen-bond acceptors (Lipinski definition) is 4. The number of methoxy groups -OCH3 is 1. The lowest BCUT2D eigenvalue weighted by Crippen LogP contribution is -2.49. The largest absolute Gasteiger partial charge is 0.468 e. The van der Waals surface area contributed by atoms with Crippen molar-refractivity contribution in [2.24, 2.45) is 0 Å². The molecule has 110 valence electrons. The van der Waals surface area contributed by atoms with Gasteiger partial charge in [0.15, 0.2) is 0 Å². The van der Waals surface area contributed by atoms with E-state index in [0.717, 1.165) is 11.1 Å². The molecule has 1 unspecified atom stereocenters. The number of hydrogen-bond donors (Lipinski definition) is 1. The topological polar surface area (TPSA) is 51.2 Å². The Morgan fingerprint density at radius 1 is 1.10 bits per heavy atom. The average Bonchev–Trinajstić information content (AvgIpc) is 2.53. The second-order valence-electron chi connectivity index (χ2n) is 5.39. The van der Waals surface area contributed by atoms with E-state index in [1.165, 1.54) is 7.11 Å². The van der Waals surface area contributed by atoms with Crippen molar-refractivity contribution in [2.75, 3.05) is 7.11 Å². The van der Waals surface area contributed by atoms with E-state index in [2.05, 4.69) is 10.3 Å². The van der Waals surface area contributed by atoms with Gasteiger partial charge in [0.25, 0.3) is 0 Å². The normalized spacial score (nSPS) is 12.7. The van der Waals surface area contributed by atoms with Gasteiger partial charge in [0, 0.05) is 12.4 Å². The number of esters is 1. The van der Waals surface area contributed by atoms with Crippen LogP contribution in [0.25, 0.3) is 0 Å². The number of benzene rings is 1. The molecule has 2 rings (SSSR count). The molecule has 2 aromatic rings. The lowest BCUT2D eigenvalue weighted by molar-refractivity contribution is -0.147. The van der Waals surface area contributed by atoms with E-state index in [4.69, 9.17) is 4.74 Å². The molecule has 1 atom stereocenters. The summed E-state index contributed by atoms with van der Waals surface area (Å²) in [5.41, 5.74) is 1.34. The van der Waals surface area contributed by atoms with Crippen LogP contribution in [-0.4, -0.2) is 23.6 Å². The monoisotopic (exact) mass is 284 g/mol. The Kier molecular flexibility index (Phi) is 4.70. The van der Waals surface area contributed by atoms with Crippen molar-refractivity contribution in [2.45, 2.75) is 25.4 Å². The van der Waals surface area contributed by atoms with Gasteiger partial charge in [-0.25, -0.2) is 0 Å². The fourth-order valence-electron chi connectivity index (χ4n) is 2.24. The Morgan fingerprint density at radius 3 is 2.24 bits per heavy atom. The third-order valence-corrected chi connectivity index (χ3v) is 3.37. The highest BCUT2D eigenvalue weighted by Crippen LogP contribution is 2.24. The number of nitrogens with zero attached hydrogens (tertiary/aromatic N) is 1. The summed E-state index contributed by atoms with van der Waals surface area (Å²) in [7, 11) is 1.40. The third kappa shape index (κ3) is 3.67. The maximum Gasteiger partial charge on any atom is 0.325 e. The van der Waals surface area contributed by atoms with Crippen molar-refractivity contribution in [1.29, 1.82) is 0 Å². The van der Waals surface area contributed by atoms with Crippen LogP contribution >= 0.6 is 0 Å². The second-order valence-corrected chi connectivity index (χ2v) is 5.39. The minimum atomic E-state index is -0.793. The molecule has 0 aliphatic rings. The molecular formula is C17H20N2O2. The van der Waals surface area contributed by atoms with Crippen LogP contribution in [0.3, 0.4) is 0 Å². The van der Waals surface area contributed by atoms with Gasteiger partial charge in [-0.1, -0.05) is 30.3 Å². The first kappa shape index (κ1) is 15.2. The van der Waals surface area contributed by atoms with E-state index in [1.54, 1.807) is 12.4 Å². The summed E-state index contributed by atoms with van der Waals surface area (Å²) in [4.78, 5) is 16.0. The molecular weight excluding hydrogens is 264 g/mol. The van der Waals surface area contributed by atoms with Crippen molar-refractivity contribution >= 4 is 5.97 Å². The summed E-state index contributed by atoms with van der Waals surface area (Å²) < 4.78 is 4.87. The number of pyridine rings is 1. The molecule has 0 amide bonds. The van der Waals surface area contributed by atoms with E-state index in [-0.39, 0.29) is 12.0 Å². The standard InChI is InChI=1S/C17H20N2O2/c1-17(2,16(20)21-3)19-15(13-7-5-4-6-8-13)14-9-11-18-12-10-14/h4-12,15,19H,1-3H3. The zero-order valence-corrected chi connectivity index (χ0v) is 12.5. The van der Waals surface area contributed by atoms with Gasteiger partial charge < -0.3 is 4.74 Å². The fourth-order valence-corrected chi connectivity index (χ4v) is 2.24. The number of carbonyl (C=O) groups is 1. The first-order valence-electron chi connectivity index (χ1n) is 6.85.